The van der Waals surface area contributed by atoms with Gasteiger partial charge >= 0.3 is 6.18 Å². The fourth-order valence-electron chi connectivity index (χ4n) is 1.39. The highest BCUT2D eigenvalue weighted by molar-refractivity contribution is 6.00. The zero-order valence-electron chi connectivity index (χ0n) is 10.9. The van der Waals surface area contributed by atoms with Crippen LogP contribution in [0.5, 0.6) is 5.75 Å². The van der Waals surface area contributed by atoms with Crippen molar-refractivity contribution in [2.75, 3.05) is 6.61 Å². The van der Waals surface area contributed by atoms with Crippen LogP contribution in [0.1, 0.15) is 30.6 Å². The van der Waals surface area contributed by atoms with Gasteiger partial charge in [-0.05, 0) is 24.5 Å². The van der Waals surface area contributed by atoms with Gasteiger partial charge in [0.15, 0.2) is 17.4 Å². The monoisotopic (exact) mass is 296 g/mol. The highest BCUT2D eigenvalue weighted by atomic mass is 19.4. The Morgan fingerprint density at radius 1 is 1.20 bits per heavy atom. The van der Waals surface area contributed by atoms with E-state index in [0.29, 0.717) is 18.6 Å². The molecule has 1 aromatic carbocycles. The van der Waals surface area contributed by atoms with Gasteiger partial charge in [-0.2, -0.15) is 13.2 Å². The molecule has 0 unspecified atom stereocenters. The van der Waals surface area contributed by atoms with Crippen molar-refractivity contribution in [2.24, 2.45) is 5.92 Å². The SMILES string of the molecule is CC(C)CCOc1c(F)cc(C(=O)C(F)(F)F)cc1F. The van der Waals surface area contributed by atoms with Gasteiger partial charge in [-0.15, -0.1) is 0 Å². The Morgan fingerprint density at radius 3 is 2.10 bits per heavy atom. The molecule has 0 amide bonds. The van der Waals surface area contributed by atoms with Crippen molar-refractivity contribution in [2.45, 2.75) is 26.4 Å². The highest BCUT2D eigenvalue weighted by Gasteiger charge is 2.40. The molecule has 0 radical (unpaired) electrons. The van der Waals surface area contributed by atoms with Crippen LogP contribution in [-0.4, -0.2) is 18.6 Å². The fourth-order valence-corrected chi connectivity index (χ4v) is 1.39. The van der Waals surface area contributed by atoms with E-state index in [9.17, 15) is 26.7 Å². The summed E-state index contributed by atoms with van der Waals surface area (Å²) in [5, 5.41) is 0. The highest BCUT2D eigenvalue weighted by Crippen LogP contribution is 2.28. The number of hydrogen-bond donors (Lipinski definition) is 0. The molecule has 2 nitrogen and oxygen atoms in total. The van der Waals surface area contributed by atoms with Gasteiger partial charge in [0.1, 0.15) is 0 Å². The maximum absolute atomic E-state index is 13.5. The average Bonchev–Trinajstić information content (AvgIpc) is 2.29. The third-order valence-corrected chi connectivity index (χ3v) is 2.46. The van der Waals surface area contributed by atoms with E-state index in [4.69, 9.17) is 4.74 Å². The lowest BCUT2D eigenvalue weighted by molar-refractivity contribution is -0.0885. The predicted molar refractivity (Wildman–Crippen MR) is 61.7 cm³/mol. The zero-order valence-corrected chi connectivity index (χ0v) is 10.9. The molecule has 0 aromatic heterocycles. The maximum atomic E-state index is 13.5. The summed E-state index contributed by atoms with van der Waals surface area (Å²) in [7, 11) is 0. The largest absolute Gasteiger partial charge is 0.488 e. The number of hydrogen-bond acceptors (Lipinski definition) is 2. The van der Waals surface area contributed by atoms with Gasteiger partial charge in [0.25, 0.3) is 5.78 Å². The minimum atomic E-state index is -5.18. The van der Waals surface area contributed by atoms with Crippen molar-refractivity contribution in [3.05, 3.63) is 29.3 Å². The first-order valence-corrected chi connectivity index (χ1v) is 5.86. The van der Waals surface area contributed by atoms with Gasteiger partial charge < -0.3 is 4.74 Å². The van der Waals surface area contributed by atoms with E-state index >= 15 is 0 Å². The number of ether oxygens (including phenoxy) is 1. The molecule has 0 saturated carbocycles. The second-order valence-electron chi connectivity index (χ2n) is 4.63. The maximum Gasteiger partial charge on any atom is 0.454 e. The van der Waals surface area contributed by atoms with Crippen molar-refractivity contribution < 1.29 is 31.5 Å². The Morgan fingerprint density at radius 2 is 1.70 bits per heavy atom. The Balaban J connectivity index is 2.95. The van der Waals surface area contributed by atoms with E-state index in [1.807, 2.05) is 13.8 Å². The van der Waals surface area contributed by atoms with E-state index in [1.54, 1.807) is 0 Å². The number of halogens is 5. The van der Waals surface area contributed by atoms with Gasteiger partial charge in [-0.1, -0.05) is 13.8 Å². The fraction of sp³-hybridized carbons (Fsp3) is 0.462. The summed E-state index contributed by atoms with van der Waals surface area (Å²) in [4.78, 5) is 10.9. The molecule has 112 valence electrons. The number of carbonyl (C=O) groups is 1. The van der Waals surface area contributed by atoms with Crippen LogP contribution in [-0.2, 0) is 0 Å². The molecule has 0 aliphatic heterocycles. The number of benzene rings is 1. The minimum Gasteiger partial charge on any atom is -0.488 e. The van der Waals surface area contributed by atoms with Gasteiger partial charge in [0.2, 0.25) is 0 Å². The predicted octanol–water partition coefficient (Wildman–Crippen LogP) is 4.13. The van der Waals surface area contributed by atoms with Gasteiger partial charge in [-0.25, -0.2) is 8.78 Å². The van der Waals surface area contributed by atoms with E-state index in [-0.39, 0.29) is 12.5 Å². The van der Waals surface area contributed by atoms with Crippen molar-refractivity contribution in [1.82, 2.24) is 0 Å². The topological polar surface area (TPSA) is 26.3 Å². The van der Waals surface area contributed by atoms with E-state index < -0.39 is 34.9 Å². The minimum absolute atomic E-state index is 0.0259. The van der Waals surface area contributed by atoms with Crippen molar-refractivity contribution >= 4 is 5.78 Å². The van der Waals surface area contributed by atoms with Crippen LogP contribution in [0.3, 0.4) is 0 Å². The number of ketones is 1. The molecule has 0 spiro atoms. The van der Waals surface area contributed by atoms with E-state index in [2.05, 4.69) is 0 Å². The Labute approximate surface area is 112 Å². The summed E-state index contributed by atoms with van der Waals surface area (Å²) in [5.41, 5.74) is -1.09. The van der Waals surface area contributed by atoms with Crippen LogP contribution < -0.4 is 4.74 Å². The second-order valence-corrected chi connectivity index (χ2v) is 4.63. The molecule has 1 rings (SSSR count). The molecule has 1 aromatic rings. The van der Waals surface area contributed by atoms with E-state index in [1.165, 1.54) is 0 Å². The van der Waals surface area contributed by atoms with Crippen molar-refractivity contribution in [1.29, 1.82) is 0 Å². The lowest BCUT2D eigenvalue weighted by Gasteiger charge is -2.11. The number of carbonyl (C=O) groups excluding carboxylic acids is 1. The van der Waals surface area contributed by atoms with Crippen LogP contribution in [0.25, 0.3) is 0 Å². The Kier molecular flexibility index (Phi) is 5.08. The van der Waals surface area contributed by atoms with Gasteiger partial charge in [0.05, 0.1) is 6.61 Å². The number of Topliss-reactive ketones (excluding diaryl/α,β-unsaturated/α-hetero) is 1. The summed E-state index contributed by atoms with van der Waals surface area (Å²) < 4.78 is 68.3. The standard InChI is InChI=1S/C13H13F5O2/c1-7(2)3-4-20-11-9(14)5-8(6-10(11)15)12(19)13(16,17)18/h5-7H,3-4H2,1-2H3. The molecule has 0 N–H and O–H groups in total. The number of alkyl halides is 3. The lowest BCUT2D eigenvalue weighted by Crippen LogP contribution is -2.23. The van der Waals surface area contributed by atoms with Gasteiger partial charge in [-0.3, -0.25) is 4.79 Å². The summed E-state index contributed by atoms with van der Waals surface area (Å²) in [5.74, 6) is -5.50. The van der Waals surface area contributed by atoms with Crippen LogP contribution in [0.4, 0.5) is 22.0 Å². The Bertz CT molecular complexity index is 471. The molecule has 0 atom stereocenters. The first-order valence-electron chi connectivity index (χ1n) is 5.86. The summed E-state index contributed by atoms with van der Waals surface area (Å²) in [6, 6.07) is 0.646. The van der Waals surface area contributed by atoms with Crippen LogP contribution in [0.15, 0.2) is 12.1 Å². The smallest absolute Gasteiger partial charge is 0.454 e. The van der Waals surface area contributed by atoms with E-state index in [0.717, 1.165) is 0 Å². The van der Waals surface area contributed by atoms with Gasteiger partial charge in [0, 0.05) is 5.56 Å². The lowest BCUT2D eigenvalue weighted by atomic mass is 10.1. The quantitative estimate of drug-likeness (QED) is 0.603. The molecule has 0 heterocycles. The molecule has 20 heavy (non-hydrogen) atoms. The summed E-state index contributed by atoms with van der Waals surface area (Å²) >= 11 is 0. The molecule has 0 aliphatic carbocycles. The van der Waals surface area contributed by atoms with Crippen molar-refractivity contribution in [3.63, 3.8) is 0 Å². The zero-order chi connectivity index (χ0) is 15.5. The van der Waals surface area contributed by atoms with Crippen LogP contribution >= 0.6 is 0 Å². The molecule has 7 heteroatoms. The summed E-state index contributed by atoms with van der Waals surface area (Å²) in [6.45, 7) is 3.78. The molecular formula is C13H13F5O2. The van der Waals surface area contributed by atoms with Crippen LogP contribution in [0.2, 0.25) is 0 Å². The Hall–Kier alpha value is -1.66. The van der Waals surface area contributed by atoms with Crippen molar-refractivity contribution in [3.8, 4) is 5.75 Å². The molecular weight excluding hydrogens is 283 g/mol. The first-order chi connectivity index (χ1) is 9.12. The second kappa shape index (κ2) is 6.19. The third kappa shape index (κ3) is 4.18. The average molecular weight is 296 g/mol. The molecule has 0 aliphatic rings. The number of rotatable bonds is 5. The normalized spacial score (nSPS) is 11.8. The molecule has 0 fully saturated rings. The summed E-state index contributed by atoms with van der Waals surface area (Å²) in [6.07, 6.45) is -4.65. The first kappa shape index (κ1) is 16.4. The van der Waals surface area contributed by atoms with Crippen LogP contribution in [0, 0.1) is 17.6 Å². The molecule has 0 saturated heterocycles. The third-order valence-electron chi connectivity index (χ3n) is 2.46. The molecule has 0 bridgehead atoms.